The van der Waals surface area contributed by atoms with Gasteiger partial charge in [-0.3, -0.25) is 4.79 Å². The van der Waals surface area contributed by atoms with E-state index in [1.54, 1.807) is 0 Å². The summed E-state index contributed by atoms with van der Waals surface area (Å²) in [5, 5.41) is 6.25. The van der Waals surface area contributed by atoms with Crippen molar-refractivity contribution in [3.63, 3.8) is 0 Å². The first-order valence-electron chi connectivity index (χ1n) is 6.48. The van der Waals surface area contributed by atoms with Crippen molar-refractivity contribution in [3.8, 4) is 0 Å². The van der Waals surface area contributed by atoms with E-state index < -0.39 is 0 Å². The standard InChI is InChI=1S/C16H16N2O/c19-16(18-9-12-5-2-1-3-6-12)14-8-4-7-13-10-17-11-15(13)14/h1-8,17H,9-11H2,(H,18,19). The number of carbonyl (C=O) groups excluding carboxylic acids is 1. The lowest BCUT2D eigenvalue weighted by molar-refractivity contribution is 0.0950. The van der Waals surface area contributed by atoms with Crippen LogP contribution < -0.4 is 10.6 Å². The largest absolute Gasteiger partial charge is 0.348 e. The first-order valence-corrected chi connectivity index (χ1v) is 6.48. The highest BCUT2D eigenvalue weighted by molar-refractivity contribution is 5.96. The zero-order valence-electron chi connectivity index (χ0n) is 10.6. The molecule has 1 heterocycles. The summed E-state index contributed by atoms with van der Waals surface area (Å²) in [6, 6.07) is 15.9. The molecule has 0 aromatic heterocycles. The van der Waals surface area contributed by atoms with Gasteiger partial charge in [0.15, 0.2) is 0 Å². The van der Waals surface area contributed by atoms with Gasteiger partial charge in [0.25, 0.3) is 5.91 Å². The average Bonchev–Trinajstić information content (AvgIpc) is 2.94. The molecular formula is C16H16N2O. The lowest BCUT2D eigenvalue weighted by Crippen LogP contribution is -2.24. The third-order valence-corrected chi connectivity index (χ3v) is 3.43. The molecule has 3 nitrogen and oxygen atoms in total. The number of hydrogen-bond acceptors (Lipinski definition) is 2. The lowest BCUT2D eigenvalue weighted by atomic mass is 10.0. The fraction of sp³-hybridized carbons (Fsp3) is 0.188. The number of fused-ring (bicyclic) bond motifs is 1. The second-order valence-electron chi connectivity index (χ2n) is 4.72. The highest BCUT2D eigenvalue weighted by Gasteiger charge is 2.17. The zero-order valence-corrected chi connectivity index (χ0v) is 10.6. The molecule has 0 bridgehead atoms. The molecule has 1 aliphatic rings. The van der Waals surface area contributed by atoms with Crippen LogP contribution in [0.5, 0.6) is 0 Å². The van der Waals surface area contributed by atoms with Crippen LogP contribution in [0, 0.1) is 0 Å². The molecule has 0 unspecified atom stereocenters. The highest BCUT2D eigenvalue weighted by Crippen LogP contribution is 2.19. The first kappa shape index (κ1) is 11.9. The van der Waals surface area contributed by atoms with Crippen LogP contribution in [0.1, 0.15) is 27.0 Å². The third kappa shape index (κ3) is 2.51. The molecular weight excluding hydrogens is 236 g/mol. The van der Waals surface area contributed by atoms with Gasteiger partial charge in [-0.25, -0.2) is 0 Å². The molecule has 0 saturated carbocycles. The van der Waals surface area contributed by atoms with E-state index in [-0.39, 0.29) is 5.91 Å². The molecule has 1 amide bonds. The molecule has 1 aliphatic heterocycles. The van der Waals surface area contributed by atoms with Crippen LogP contribution in [0.25, 0.3) is 0 Å². The monoisotopic (exact) mass is 252 g/mol. The normalized spacial score (nSPS) is 13.1. The minimum atomic E-state index is 0.00408. The van der Waals surface area contributed by atoms with Crippen LogP contribution in [-0.2, 0) is 19.6 Å². The highest BCUT2D eigenvalue weighted by atomic mass is 16.1. The Morgan fingerprint density at radius 3 is 2.74 bits per heavy atom. The van der Waals surface area contributed by atoms with E-state index in [1.165, 1.54) is 5.56 Å². The predicted molar refractivity (Wildman–Crippen MR) is 74.6 cm³/mol. The van der Waals surface area contributed by atoms with Crippen molar-refractivity contribution < 1.29 is 4.79 Å². The number of carbonyl (C=O) groups is 1. The van der Waals surface area contributed by atoms with E-state index in [1.807, 2.05) is 42.5 Å². The summed E-state index contributed by atoms with van der Waals surface area (Å²) in [7, 11) is 0. The second kappa shape index (κ2) is 5.24. The number of rotatable bonds is 3. The average molecular weight is 252 g/mol. The SMILES string of the molecule is O=C(NCc1ccccc1)c1cccc2c1CNC2. The quantitative estimate of drug-likeness (QED) is 0.879. The van der Waals surface area contributed by atoms with Crippen LogP contribution in [0.2, 0.25) is 0 Å². The van der Waals surface area contributed by atoms with Crippen LogP contribution in [0.3, 0.4) is 0 Å². The van der Waals surface area contributed by atoms with Gasteiger partial charge in [0.1, 0.15) is 0 Å². The summed E-state index contributed by atoms with van der Waals surface area (Å²) in [4.78, 5) is 12.2. The second-order valence-corrected chi connectivity index (χ2v) is 4.72. The molecule has 2 aromatic carbocycles. The maximum atomic E-state index is 12.2. The van der Waals surface area contributed by atoms with Crippen molar-refractivity contribution >= 4 is 5.91 Å². The Kier molecular flexibility index (Phi) is 3.29. The topological polar surface area (TPSA) is 41.1 Å². The van der Waals surface area contributed by atoms with Gasteiger partial charge >= 0.3 is 0 Å². The Balaban J connectivity index is 1.73. The molecule has 0 atom stereocenters. The van der Waals surface area contributed by atoms with Gasteiger partial charge in [-0.2, -0.15) is 0 Å². The summed E-state index contributed by atoms with van der Waals surface area (Å²) < 4.78 is 0. The Morgan fingerprint density at radius 1 is 1.05 bits per heavy atom. The number of amides is 1. The van der Waals surface area contributed by atoms with E-state index in [9.17, 15) is 4.79 Å². The third-order valence-electron chi connectivity index (χ3n) is 3.43. The molecule has 0 saturated heterocycles. The van der Waals surface area contributed by atoms with E-state index in [0.717, 1.165) is 29.8 Å². The zero-order chi connectivity index (χ0) is 13.1. The van der Waals surface area contributed by atoms with Crippen LogP contribution in [-0.4, -0.2) is 5.91 Å². The van der Waals surface area contributed by atoms with Gasteiger partial charge in [0, 0.05) is 25.2 Å². The Labute approximate surface area is 112 Å². The maximum Gasteiger partial charge on any atom is 0.251 e. The minimum Gasteiger partial charge on any atom is -0.348 e. The molecule has 0 spiro atoms. The molecule has 19 heavy (non-hydrogen) atoms. The minimum absolute atomic E-state index is 0.00408. The maximum absolute atomic E-state index is 12.2. The van der Waals surface area contributed by atoms with Gasteiger partial charge in [0.05, 0.1) is 0 Å². The summed E-state index contributed by atoms with van der Waals surface area (Å²) in [5.74, 6) is 0.00408. The summed E-state index contributed by atoms with van der Waals surface area (Å²) in [5.41, 5.74) is 4.26. The number of nitrogens with one attached hydrogen (secondary N) is 2. The van der Waals surface area contributed by atoms with E-state index in [4.69, 9.17) is 0 Å². The molecule has 0 radical (unpaired) electrons. The molecule has 0 aliphatic carbocycles. The van der Waals surface area contributed by atoms with Crippen molar-refractivity contribution in [1.29, 1.82) is 0 Å². The summed E-state index contributed by atoms with van der Waals surface area (Å²) in [6.45, 7) is 2.20. The van der Waals surface area contributed by atoms with Crippen molar-refractivity contribution in [1.82, 2.24) is 10.6 Å². The smallest absolute Gasteiger partial charge is 0.251 e. The molecule has 3 heteroatoms. The summed E-state index contributed by atoms with van der Waals surface area (Å²) in [6.07, 6.45) is 0. The predicted octanol–water partition coefficient (Wildman–Crippen LogP) is 2.22. The van der Waals surface area contributed by atoms with Gasteiger partial charge in [-0.1, -0.05) is 42.5 Å². The van der Waals surface area contributed by atoms with E-state index >= 15 is 0 Å². The molecule has 0 fully saturated rings. The molecule has 96 valence electrons. The van der Waals surface area contributed by atoms with Crippen molar-refractivity contribution in [2.75, 3.05) is 0 Å². The molecule has 2 N–H and O–H groups in total. The van der Waals surface area contributed by atoms with Crippen LogP contribution in [0.4, 0.5) is 0 Å². The first-order chi connectivity index (χ1) is 9.34. The van der Waals surface area contributed by atoms with Gasteiger partial charge in [-0.15, -0.1) is 0 Å². The van der Waals surface area contributed by atoms with Crippen LogP contribution in [0.15, 0.2) is 48.5 Å². The molecule has 3 rings (SSSR count). The molecule has 2 aromatic rings. The Hall–Kier alpha value is -2.13. The Bertz CT molecular complexity index is 593. The van der Waals surface area contributed by atoms with Gasteiger partial charge in [-0.05, 0) is 22.8 Å². The summed E-state index contributed by atoms with van der Waals surface area (Å²) >= 11 is 0. The van der Waals surface area contributed by atoms with Gasteiger partial charge in [0.2, 0.25) is 0 Å². The fourth-order valence-corrected chi connectivity index (χ4v) is 2.42. The van der Waals surface area contributed by atoms with Crippen LogP contribution >= 0.6 is 0 Å². The number of benzene rings is 2. The Morgan fingerprint density at radius 2 is 1.89 bits per heavy atom. The van der Waals surface area contributed by atoms with Crippen molar-refractivity contribution in [3.05, 3.63) is 70.8 Å². The lowest BCUT2D eigenvalue weighted by Gasteiger charge is -2.09. The van der Waals surface area contributed by atoms with E-state index in [2.05, 4.69) is 16.7 Å². The van der Waals surface area contributed by atoms with E-state index in [0.29, 0.717) is 6.54 Å². The number of hydrogen-bond donors (Lipinski definition) is 2. The van der Waals surface area contributed by atoms with Gasteiger partial charge < -0.3 is 10.6 Å². The van der Waals surface area contributed by atoms with Crippen molar-refractivity contribution in [2.24, 2.45) is 0 Å². The van der Waals surface area contributed by atoms with Crippen molar-refractivity contribution in [2.45, 2.75) is 19.6 Å². The fourth-order valence-electron chi connectivity index (χ4n) is 2.42.